The monoisotopic (exact) mass is 311 g/mol. The molecular formula is C14H21N3O5. The third kappa shape index (κ3) is 4.03. The maximum Gasteiger partial charge on any atom is 0.381 e. The smallest absolute Gasteiger partial charge is 0.381 e. The van der Waals surface area contributed by atoms with Crippen molar-refractivity contribution in [3.8, 4) is 0 Å². The first-order valence-electron chi connectivity index (χ1n) is 7.41. The summed E-state index contributed by atoms with van der Waals surface area (Å²) in [5.74, 6) is -0.0192. The molecule has 1 aliphatic rings. The molecule has 8 nitrogen and oxygen atoms in total. The molecule has 0 amide bonds. The Bertz CT molecular complexity index is 543. The summed E-state index contributed by atoms with van der Waals surface area (Å²) >= 11 is 0. The SMILES string of the molecule is CO[C@H]1CCCC[C@H]1OC(=O)CCn1cc([N+](=O)[O-])nc1C. The third-order valence-electron chi connectivity index (χ3n) is 3.93. The van der Waals surface area contributed by atoms with E-state index in [1.54, 1.807) is 18.6 Å². The Hall–Kier alpha value is -1.96. The van der Waals surface area contributed by atoms with Crippen LogP contribution in [-0.4, -0.2) is 39.8 Å². The number of nitrogens with zero attached hydrogens (tertiary/aromatic N) is 3. The molecular weight excluding hydrogens is 290 g/mol. The molecule has 1 heterocycles. The first-order valence-corrected chi connectivity index (χ1v) is 7.41. The fourth-order valence-electron chi connectivity index (χ4n) is 2.71. The van der Waals surface area contributed by atoms with Gasteiger partial charge in [0.25, 0.3) is 0 Å². The lowest BCUT2D eigenvalue weighted by Gasteiger charge is -2.29. The molecule has 0 bridgehead atoms. The van der Waals surface area contributed by atoms with Crippen molar-refractivity contribution in [1.82, 2.24) is 9.55 Å². The van der Waals surface area contributed by atoms with Gasteiger partial charge in [0, 0.05) is 20.6 Å². The van der Waals surface area contributed by atoms with Crippen LogP contribution < -0.4 is 0 Å². The van der Waals surface area contributed by atoms with Gasteiger partial charge in [0.2, 0.25) is 5.82 Å². The molecule has 0 aromatic carbocycles. The summed E-state index contributed by atoms with van der Waals surface area (Å²) < 4.78 is 12.4. The zero-order valence-corrected chi connectivity index (χ0v) is 12.9. The van der Waals surface area contributed by atoms with E-state index in [2.05, 4.69) is 4.98 Å². The quantitative estimate of drug-likeness (QED) is 0.453. The molecule has 1 saturated carbocycles. The molecule has 8 heteroatoms. The van der Waals surface area contributed by atoms with Crippen LogP contribution >= 0.6 is 0 Å². The molecule has 0 unspecified atom stereocenters. The summed E-state index contributed by atoms with van der Waals surface area (Å²) in [6.07, 6.45) is 5.11. The average Bonchev–Trinajstić information content (AvgIpc) is 2.87. The van der Waals surface area contributed by atoms with Crippen molar-refractivity contribution in [2.45, 2.75) is 57.8 Å². The van der Waals surface area contributed by atoms with E-state index in [1.165, 1.54) is 6.20 Å². The lowest BCUT2D eigenvalue weighted by atomic mass is 9.94. The number of nitro groups is 1. The van der Waals surface area contributed by atoms with Crippen LogP contribution in [0, 0.1) is 17.0 Å². The van der Waals surface area contributed by atoms with Gasteiger partial charge in [-0.15, -0.1) is 0 Å². The van der Waals surface area contributed by atoms with Gasteiger partial charge in [0.1, 0.15) is 12.3 Å². The Morgan fingerprint density at radius 1 is 1.45 bits per heavy atom. The lowest BCUT2D eigenvalue weighted by Crippen LogP contribution is -2.35. The molecule has 2 rings (SSSR count). The molecule has 1 aromatic rings. The molecule has 122 valence electrons. The highest BCUT2D eigenvalue weighted by Gasteiger charge is 2.28. The van der Waals surface area contributed by atoms with Crippen molar-refractivity contribution in [3.63, 3.8) is 0 Å². The van der Waals surface area contributed by atoms with E-state index in [1.807, 2.05) is 0 Å². The second-order valence-corrected chi connectivity index (χ2v) is 5.43. The summed E-state index contributed by atoms with van der Waals surface area (Å²) in [6, 6.07) is 0. The van der Waals surface area contributed by atoms with Gasteiger partial charge >= 0.3 is 11.8 Å². The van der Waals surface area contributed by atoms with Crippen LogP contribution in [0.4, 0.5) is 5.82 Å². The first kappa shape index (κ1) is 16.4. The normalized spacial score (nSPS) is 21.5. The lowest BCUT2D eigenvalue weighted by molar-refractivity contribution is -0.389. The third-order valence-corrected chi connectivity index (χ3v) is 3.93. The molecule has 22 heavy (non-hydrogen) atoms. The van der Waals surface area contributed by atoms with Crippen LogP contribution in [0.2, 0.25) is 0 Å². The number of aromatic nitrogens is 2. The predicted octanol–water partition coefficient (Wildman–Crippen LogP) is 1.99. The summed E-state index contributed by atoms with van der Waals surface area (Å²) in [7, 11) is 1.63. The first-order chi connectivity index (χ1) is 10.5. The fraction of sp³-hybridized carbons (Fsp3) is 0.714. The number of methoxy groups -OCH3 is 1. The Balaban J connectivity index is 1.86. The number of aryl methyl sites for hydroxylation is 2. The summed E-state index contributed by atoms with van der Waals surface area (Å²) in [5.41, 5.74) is 0. The summed E-state index contributed by atoms with van der Waals surface area (Å²) in [6.45, 7) is 1.98. The number of ether oxygens (including phenoxy) is 2. The zero-order chi connectivity index (χ0) is 16.1. The molecule has 1 fully saturated rings. The molecule has 1 aliphatic carbocycles. The Morgan fingerprint density at radius 2 is 2.14 bits per heavy atom. The van der Waals surface area contributed by atoms with E-state index in [0.29, 0.717) is 12.4 Å². The second-order valence-electron chi connectivity index (χ2n) is 5.43. The van der Waals surface area contributed by atoms with Crippen LogP contribution in [0.25, 0.3) is 0 Å². The van der Waals surface area contributed by atoms with Crippen LogP contribution in [0.5, 0.6) is 0 Å². The highest BCUT2D eigenvalue weighted by atomic mass is 16.6. The molecule has 0 radical (unpaired) electrons. The largest absolute Gasteiger partial charge is 0.460 e. The Morgan fingerprint density at radius 3 is 2.73 bits per heavy atom. The molecule has 2 atom stereocenters. The maximum atomic E-state index is 12.0. The molecule has 0 saturated heterocycles. The molecule has 1 aromatic heterocycles. The Labute approximate surface area is 128 Å². The zero-order valence-electron chi connectivity index (χ0n) is 12.9. The van der Waals surface area contributed by atoms with E-state index in [9.17, 15) is 14.9 Å². The van der Waals surface area contributed by atoms with Crippen molar-refractivity contribution >= 4 is 11.8 Å². The van der Waals surface area contributed by atoms with Crippen LogP contribution in [-0.2, 0) is 20.8 Å². The predicted molar refractivity (Wildman–Crippen MR) is 77.4 cm³/mol. The van der Waals surface area contributed by atoms with Gasteiger partial charge in [-0.05, 0) is 29.2 Å². The van der Waals surface area contributed by atoms with Crippen molar-refractivity contribution in [1.29, 1.82) is 0 Å². The molecule has 0 N–H and O–H groups in total. The summed E-state index contributed by atoms with van der Waals surface area (Å²) in [5, 5.41) is 10.7. The van der Waals surface area contributed by atoms with Crippen molar-refractivity contribution in [2.75, 3.05) is 7.11 Å². The number of carbonyl (C=O) groups excluding carboxylic acids is 1. The van der Waals surface area contributed by atoms with E-state index in [-0.39, 0.29) is 30.4 Å². The van der Waals surface area contributed by atoms with Gasteiger partial charge in [-0.25, -0.2) is 0 Å². The number of rotatable bonds is 6. The van der Waals surface area contributed by atoms with Crippen LogP contribution in [0.3, 0.4) is 0 Å². The minimum Gasteiger partial charge on any atom is -0.460 e. The van der Waals surface area contributed by atoms with Crippen molar-refractivity contribution < 1.29 is 19.2 Å². The standard InChI is InChI=1S/C14H21N3O5/c1-10-15-13(17(19)20)9-16(10)8-7-14(18)22-12-6-4-3-5-11(12)21-2/h9,11-12H,3-8H2,1-2H3/t11-,12+/m0/s1. The fourth-order valence-corrected chi connectivity index (χ4v) is 2.71. The highest BCUT2D eigenvalue weighted by molar-refractivity contribution is 5.69. The second kappa shape index (κ2) is 7.35. The van der Waals surface area contributed by atoms with Crippen molar-refractivity contribution in [2.24, 2.45) is 0 Å². The highest BCUT2D eigenvalue weighted by Crippen LogP contribution is 2.23. The van der Waals surface area contributed by atoms with E-state index >= 15 is 0 Å². The van der Waals surface area contributed by atoms with Crippen LogP contribution in [0.1, 0.15) is 37.9 Å². The van der Waals surface area contributed by atoms with Gasteiger partial charge < -0.3 is 24.2 Å². The van der Waals surface area contributed by atoms with Gasteiger partial charge in [-0.3, -0.25) is 4.79 Å². The van der Waals surface area contributed by atoms with Gasteiger partial charge in [0.05, 0.1) is 12.5 Å². The minimum atomic E-state index is -0.549. The maximum absolute atomic E-state index is 12.0. The number of carbonyl (C=O) groups is 1. The van der Waals surface area contributed by atoms with Gasteiger partial charge in [0.15, 0.2) is 0 Å². The Kier molecular flexibility index (Phi) is 5.48. The van der Waals surface area contributed by atoms with Gasteiger partial charge in [-0.2, -0.15) is 0 Å². The van der Waals surface area contributed by atoms with Gasteiger partial charge in [-0.1, -0.05) is 6.42 Å². The van der Waals surface area contributed by atoms with Crippen LogP contribution in [0.15, 0.2) is 6.20 Å². The molecule has 0 aliphatic heterocycles. The molecule has 0 spiro atoms. The number of hydrogen-bond donors (Lipinski definition) is 0. The summed E-state index contributed by atoms with van der Waals surface area (Å²) in [4.78, 5) is 25.9. The average molecular weight is 311 g/mol. The number of esters is 1. The van der Waals surface area contributed by atoms with E-state index in [4.69, 9.17) is 9.47 Å². The number of imidazole rings is 1. The topological polar surface area (TPSA) is 96.5 Å². The van der Waals surface area contributed by atoms with Crippen molar-refractivity contribution in [3.05, 3.63) is 22.1 Å². The number of hydrogen-bond acceptors (Lipinski definition) is 6. The van der Waals surface area contributed by atoms with E-state index < -0.39 is 4.92 Å². The minimum absolute atomic E-state index is 0.0335. The van der Waals surface area contributed by atoms with E-state index in [0.717, 1.165) is 25.7 Å².